The van der Waals surface area contributed by atoms with E-state index in [1.165, 1.54) is 0 Å². The molecule has 0 rings (SSSR count). The number of hydrogen-bond acceptors (Lipinski definition) is 3. The molecule has 0 fully saturated rings. The van der Waals surface area contributed by atoms with E-state index in [0.29, 0.717) is 6.54 Å². The van der Waals surface area contributed by atoms with Crippen LogP contribution in [-0.4, -0.2) is 38.8 Å². The van der Waals surface area contributed by atoms with E-state index in [1.54, 1.807) is 7.11 Å². The van der Waals surface area contributed by atoms with E-state index in [9.17, 15) is 4.79 Å². The molecule has 0 radical (unpaired) electrons. The van der Waals surface area contributed by atoms with Crippen LogP contribution in [0.2, 0.25) is 0 Å². The molecule has 0 saturated heterocycles. The minimum atomic E-state index is 0.0772. The van der Waals surface area contributed by atoms with Gasteiger partial charge in [-0.15, -0.1) is 0 Å². The molecule has 0 aromatic carbocycles. The molecule has 1 unspecified atom stereocenters. The van der Waals surface area contributed by atoms with Crippen molar-refractivity contribution in [1.82, 2.24) is 10.6 Å². The number of carbonyl (C=O) groups is 1. The Morgan fingerprint density at radius 1 is 1.47 bits per heavy atom. The van der Waals surface area contributed by atoms with Gasteiger partial charge in [0.1, 0.15) is 0 Å². The van der Waals surface area contributed by atoms with Crippen LogP contribution in [0.4, 0.5) is 0 Å². The van der Waals surface area contributed by atoms with Crippen molar-refractivity contribution < 1.29 is 9.53 Å². The van der Waals surface area contributed by atoms with Crippen molar-refractivity contribution in [3.63, 3.8) is 0 Å². The smallest absolute Gasteiger partial charge is 0.234 e. The fourth-order valence-electron chi connectivity index (χ4n) is 1.37. The van der Waals surface area contributed by atoms with Crippen molar-refractivity contribution in [3.8, 4) is 0 Å². The molecule has 4 heteroatoms. The molecule has 1 amide bonds. The predicted octanol–water partition coefficient (Wildman–Crippen LogP) is 0.917. The van der Waals surface area contributed by atoms with Gasteiger partial charge in [0.05, 0.1) is 6.54 Å². The van der Waals surface area contributed by atoms with E-state index in [4.69, 9.17) is 4.74 Å². The van der Waals surface area contributed by atoms with Gasteiger partial charge in [0.2, 0.25) is 5.91 Å². The maximum Gasteiger partial charge on any atom is 0.234 e. The van der Waals surface area contributed by atoms with E-state index in [0.717, 1.165) is 32.4 Å². The fourth-order valence-corrected chi connectivity index (χ4v) is 1.37. The van der Waals surface area contributed by atoms with Crippen LogP contribution >= 0.6 is 0 Å². The van der Waals surface area contributed by atoms with Crippen LogP contribution in [0, 0.1) is 0 Å². The number of methoxy groups -OCH3 is 1. The minimum absolute atomic E-state index is 0.0772. The highest BCUT2D eigenvalue weighted by atomic mass is 16.5. The third kappa shape index (κ3) is 9.69. The van der Waals surface area contributed by atoms with Crippen molar-refractivity contribution in [1.29, 1.82) is 0 Å². The molecule has 4 nitrogen and oxygen atoms in total. The normalized spacial score (nSPS) is 12.5. The molecule has 0 aromatic heterocycles. The maximum absolute atomic E-state index is 11.4. The molecular formula is C11H24N2O2. The summed E-state index contributed by atoms with van der Waals surface area (Å²) in [4.78, 5) is 11.4. The lowest BCUT2D eigenvalue weighted by Crippen LogP contribution is -2.39. The van der Waals surface area contributed by atoms with Crippen molar-refractivity contribution in [3.05, 3.63) is 0 Å². The van der Waals surface area contributed by atoms with Crippen molar-refractivity contribution in [2.24, 2.45) is 0 Å². The Kier molecular flexibility index (Phi) is 9.52. The molecule has 0 aromatic rings. The van der Waals surface area contributed by atoms with Gasteiger partial charge in [-0.3, -0.25) is 4.79 Å². The summed E-state index contributed by atoms with van der Waals surface area (Å²) in [5.74, 6) is 0.0772. The van der Waals surface area contributed by atoms with Gasteiger partial charge in [-0.05, 0) is 26.3 Å². The zero-order chi connectivity index (χ0) is 11.5. The topological polar surface area (TPSA) is 50.4 Å². The highest BCUT2D eigenvalue weighted by Crippen LogP contribution is 1.93. The summed E-state index contributed by atoms with van der Waals surface area (Å²) in [6.45, 7) is 6.11. The number of rotatable bonds is 9. The monoisotopic (exact) mass is 216 g/mol. The third-order valence-corrected chi connectivity index (χ3v) is 2.12. The first-order valence-electron chi connectivity index (χ1n) is 5.69. The van der Waals surface area contributed by atoms with Gasteiger partial charge in [0, 0.05) is 19.8 Å². The molecule has 0 bridgehead atoms. The van der Waals surface area contributed by atoms with Crippen LogP contribution in [0.1, 0.15) is 33.1 Å². The van der Waals surface area contributed by atoms with Gasteiger partial charge in [0.25, 0.3) is 0 Å². The first-order valence-corrected chi connectivity index (χ1v) is 5.69. The van der Waals surface area contributed by atoms with Gasteiger partial charge < -0.3 is 15.4 Å². The highest BCUT2D eigenvalue weighted by Gasteiger charge is 2.04. The van der Waals surface area contributed by atoms with Gasteiger partial charge >= 0.3 is 0 Å². The summed E-state index contributed by atoms with van der Waals surface area (Å²) in [5.41, 5.74) is 0. The first-order chi connectivity index (χ1) is 7.20. The summed E-state index contributed by atoms with van der Waals surface area (Å²) in [6, 6.07) is 0.281. The van der Waals surface area contributed by atoms with Crippen molar-refractivity contribution in [2.45, 2.75) is 39.2 Å². The number of carbonyl (C=O) groups excluding carboxylic acids is 1. The summed E-state index contributed by atoms with van der Waals surface area (Å²) in [7, 11) is 1.68. The molecule has 1 atom stereocenters. The Morgan fingerprint density at radius 2 is 2.20 bits per heavy atom. The first kappa shape index (κ1) is 14.4. The van der Waals surface area contributed by atoms with Crippen LogP contribution in [0.3, 0.4) is 0 Å². The second kappa shape index (κ2) is 9.93. The van der Waals surface area contributed by atoms with Gasteiger partial charge in [0.15, 0.2) is 0 Å². The van der Waals surface area contributed by atoms with E-state index < -0.39 is 0 Å². The maximum atomic E-state index is 11.4. The Morgan fingerprint density at radius 3 is 2.80 bits per heavy atom. The molecule has 0 aliphatic carbocycles. The Bertz CT molecular complexity index is 163. The molecule has 0 heterocycles. The lowest BCUT2D eigenvalue weighted by Gasteiger charge is -2.12. The number of nitrogens with one attached hydrogen (secondary N) is 2. The van der Waals surface area contributed by atoms with Crippen molar-refractivity contribution >= 4 is 5.91 Å². The number of ether oxygens (including phenoxy) is 1. The van der Waals surface area contributed by atoms with Crippen LogP contribution < -0.4 is 10.6 Å². The van der Waals surface area contributed by atoms with Crippen LogP contribution in [-0.2, 0) is 9.53 Å². The quantitative estimate of drug-likeness (QED) is 0.563. The third-order valence-electron chi connectivity index (χ3n) is 2.12. The molecule has 0 spiro atoms. The van der Waals surface area contributed by atoms with Crippen LogP contribution in [0.25, 0.3) is 0 Å². The van der Waals surface area contributed by atoms with Crippen LogP contribution in [0.5, 0.6) is 0 Å². The van der Waals surface area contributed by atoms with E-state index in [2.05, 4.69) is 17.6 Å². The average Bonchev–Trinajstić information content (AvgIpc) is 2.17. The lowest BCUT2D eigenvalue weighted by atomic mass is 10.2. The molecule has 0 saturated carbocycles. The Labute approximate surface area is 92.8 Å². The summed E-state index contributed by atoms with van der Waals surface area (Å²) < 4.78 is 4.90. The van der Waals surface area contributed by atoms with Gasteiger partial charge in [-0.2, -0.15) is 0 Å². The second-order valence-electron chi connectivity index (χ2n) is 3.78. The van der Waals surface area contributed by atoms with E-state index in [-0.39, 0.29) is 11.9 Å². The zero-order valence-corrected chi connectivity index (χ0v) is 10.1. The molecular weight excluding hydrogens is 192 g/mol. The largest absolute Gasteiger partial charge is 0.385 e. The summed E-state index contributed by atoms with van der Waals surface area (Å²) in [5, 5.41) is 6.01. The molecule has 15 heavy (non-hydrogen) atoms. The average molecular weight is 216 g/mol. The Balaban J connectivity index is 3.32. The van der Waals surface area contributed by atoms with E-state index >= 15 is 0 Å². The Hall–Kier alpha value is -0.610. The number of amides is 1. The van der Waals surface area contributed by atoms with Gasteiger partial charge in [-0.1, -0.05) is 13.3 Å². The van der Waals surface area contributed by atoms with Crippen LogP contribution in [0.15, 0.2) is 0 Å². The standard InChI is InChI=1S/C11H24N2O2/c1-4-6-10(2)13-11(14)9-12-7-5-8-15-3/h10,12H,4-9H2,1-3H3,(H,13,14). The minimum Gasteiger partial charge on any atom is -0.385 e. The summed E-state index contributed by atoms with van der Waals surface area (Å²) >= 11 is 0. The molecule has 90 valence electrons. The molecule has 0 aliphatic rings. The number of hydrogen-bond donors (Lipinski definition) is 2. The van der Waals surface area contributed by atoms with E-state index in [1.807, 2.05) is 6.92 Å². The highest BCUT2D eigenvalue weighted by molar-refractivity contribution is 5.78. The summed E-state index contributed by atoms with van der Waals surface area (Å²) in [6.07, 6.45) is 3.08. The molecule has 2 N–H and O–H groups in total. The van der Waals surface area contributed by atoms with Gasteiger partial charge in [-0.25, -0.2) is 0 Å². The van der Waals surface area contributed by atoms with Crippen molar-refractivity contribution in [2.75, 3.05) is 26.8 Å². The fraction of sp³-hybridized carbons (Fsp3) is 0.909. The zero-order valence-electron chi connectivity index (χ0n) is 10.1. The SMILES string of the molecule is CCCC(C)NC(=O)CNCCCOC. The molecule has 0 aliphatic heterocycles. The predicted molar refractivity (Wildman–Crippen MR) is 61.9 cm³/mol. The lowest BCUT2D eigenvalue weighted by molar-refractivity contribution is -0.120. The second-order valence-corrected chi connectivity index (χ2v) is 3.78.